The van der Waals surface area contributed by atoms with Gasteiger partial charge in [-0.15, -0.1) is 6.58 Å². The fourth-order valence-corrected chi connectivity index (χ4v) is 1.57. The van der Waals surface area contributed by atoms with Gasteiger partial charge in [-0.2, -0.15) is 0 Å². The fraction of sp³-hybridized carbons (Fsp3) is 0.778. The first kappa shape index (κ1) is 13.8. The summed E-state index contributed by atoms with van der Waals surface area (Å²) in [7, 11) is 0. The van der Waals surface area contributed by atoms with Crippen molar-refractivity contribution in [2.45, 2.75) is 32.0 Å². The van der Waals surface area contributed by atoms with E-state index in [-0.39, 0.29) is 18.1 Å². The van der Waals surface area contributed by atoms with E-state index in [1.165, 1.54) is 6.08 Å². The summed E-state index contributed by atoms with van der Waals surface area (Å²) in [6.07, 6.45) is 0.673. The zero-order chi connectivity index (χ0) is 11.1. The van der Waals surface area contributed by atoms with Gasteiger partial charge in [0.05, 0.1) is 12.2 Å². The highest BCUT2D eigenvalue weighted by Gasteiger charge is 2.16. The molecule has 0 radical (unpaired) electrons. The molecule has 0 aromatic carbocycles. The predicted octanol–water partition coefficient (Wildman–Crippen LogP) is 0.190. The molecule has 4 atom stereocenters. The molecule has 0 aliphatic heterocycles. The first-order valence-corrected chi connectivity index (χ1v) is 5.76. The molecule has 14 heavy (non-hydrogen) atoms. The summed E-state index contributed by atoms with van der Waals surface area (Å²) in [4.78, 5) is 0. The Morgan fingerprint density at radius 1 is 1.57 bits per heavy atom. The minimum Gasteiger partial charge on any atom is -0.772 e. The second kappa shape index (κ2) is 7.11. The number of hydrogen-bond acceptors (Lipinski definition) is 4. The van der Waals surface area contributed by atoms with Crippen LogP contribution in [-0.4, -0.2) is 36.9 Å². The van der Waals surface area contributed by atoms with Gasteiger partial charge in [-0.25, -0.2) is 0 Å². The Hall–Kier alpha value is -0.230. The minimum atomic E-state index is -2.11. The van der Waals surface area contributed by atoms with Crippen LogP contribution in [0.1, 0.15) is 19.8 Å². The van der Waals surface area contributed by atoms with Gasteiger partial charge in [0, 0.05) is 5.75 Å². The van der Waals surface area contributed by atoms with Gasteiger partial charge in [0.25, 0.3) is 0 Å². The van der Waals surface area contributed by atoms with Crippen molar-refractivity contribution in [3.05, 3.63) is 12.7 Å². The summed E-state index contributed by atoms with van der Waals surface area (Å²) in [5, 5.41) is 18.7. The molecule has 2 N–H and O–H groups in total. The first-order valence-electron chi connectivity index (χ1n) is 4.52. The highest BCUT2D eigenvalue weighted by Crippen LogP contribution is 2.14. The van der Waals surface area contributed by atoms with Crippen LogP contribution in [0.4, 0.5) is 0 Å². The van der Waals surface area contributed by atoms with E-state index in [0.29, 0.717) is 6.42 Å². The van der Waals surface area contributed by atoms with Gasteiger partial charge < -0.3 is 14.8 Å². The molecule has 0 saturated carbocycles. The van der Waals surface area contributed by atoms with Crippen LogP contribution in [0.3, 0.4) is 0 Å². The van der Waals surface area contributed by atoms with E-state index in [0.717, 1.165) is 0 Å². The van der Waals surface area contributed by atoms with Crippen LogP contribution in [0.5, 0.6) is 0 Å². The molecule has 0 rings (SSSR count). The van der Waals surface area contributed by atoms with E-state index in [1.54, 1.807) is 6.92 Å². The third-order valence-corrected chi connectivity index (χ3v) is 2.69. The SMILES string of the molecule is C=CC(O)CC(C)C(O)CCS(=O)[O-]. The number of aliphatic hydroxyl groups is 2. The van der Waals surface area contributed by atoms with Gasteiger partial charge in [0.2, 0.25) is 0 Å². The molecular formula is C9H17O4S-. The molecular weight excluding hydrogens is 204 g/mol. The molecule has 0 spiro atoms. The lowest BCUT2D eigenvalue weighted by Gasteiger charge is -2.20. The number of rotatable bonds is 7. The molecule has 4 nitrogen and oxygen atoms in total. The van der Waals surface area contributed by atoms with Crippen LogP contribution < -0.4 is 0 Å². The predicted molar refractivity (Wildman–Crippen MR) is 54.4 cm³/mol. The normalized spacial score (nSPS) is 19.7. The molecule has 5 heteroatoms. The van der Waals surface area contributed by atoms with Gasteiger partial charge in [0.1, 0.15) is 0 Å². The molecule has 0 fully saturated rings. The van der Waals surface area contributed by atoms with E-state index < -0.39 is 23.3 Å². The van der Waals surface area contributed by atoms with E-state index >= 15 is 0 Å². The second-order valence-corrected chi connectivity index (χ2v) is 4.40. The Morgan fingerprint density at radius 2 is 2.14 bits per heavy atom. The van der Waals surface area contributed by atoms with E-state index in [9.17, 15) is 19.0 Å². The van der Waals surface area contributed by atoms with Crippen molar-refractivity contribution in [1.29, 1.82) is 0 Å². The van der Waals surface area contributed by atoms with Crippen LogP contribution in [0.15, 0.2) is 12.7 Å². The monoisotopic (exact) mass is 221 g/mol. The van der Waals surface area contributed by atoms with Crippen LogP contribution in [0.2, 0.25) is 0 Å². The lowest BCUT2D eigenvalue weighted by molar-refractivity contribution is 0.0815. The Morgan fingerprint density at radius 3 is 2.57 bits per heavy atom. The van der Waals surface area contributed by atoms with Crippen molar-refractivity contribution < 1.29 is 19.0 Å². The fourth-order valence-electron chi connectivity index (χ4n) is 1.14. The Bertz CT molecular complexity index is 195. The maximum absolute atomic E-state index is 10.2. The first-order chi connectivity index (χ1) is 6.47. The van der Waals surface area contributed by atoms with Crippen LogP contribution in [0, 0.1) is 5.92 Å². The summed E-state index contributed by atoms with van der Waals surface area (Å²) in [5.74, 6) is -0.179. The zero-order valence-electron chi connectivity index (χ0n) is 8.26. The second-order valence-electron chi connectivity index (χ2n) is 3.38. The molecule has 0 bridgehead atoms. The highest BCUT2D eigenvalue weighted by molar-refractivity contribution is 7.79. The summed E-state index contributed by atoms with van der Waals surface area (Å²) >= 11 is -2.11. The van der Waals surface area contributed by atoms with Crippen molar-refractivity contribution in [3.63, 3.8) is 0 Å². The minimum absolute atomic E-state index is 0.0459. The molecule has 0 aliphatic rings. The maximum atomic E-state index is 10.2. The van der Waals surface area contributed by atoms with Gasteiger partial charge in [0.15, 0.2) is 0 Å². The van der Waals surface area contributed by atoms with Crippen molar-refractivity contribution in [2.24, 2.45) is 5.92 Å². The third-order valence-electron chi connectivity index (χ3n) is 2.12. The Labute approximate surface area is 86.9 Å². The van der Waals surface area contributed by atoms with E-state index in [4.69, 9.17) is 0 Å². The Kier molecular flexibility index (Phi) is 7.00. The molecule has 0 heterocycles. The van der Waals surface area contributed by atoms with Crippen molar-refractivity contribution in [1.82, 2.24) is 0 Å². The molecule has 84 valence electrons. The third kappa shape index (κ3) is 6.26. The highest BCUT2D eigenvalue weighted by atomic mass is 32.2. The smallest absolute Gasteiger partial charge is 0.0721 e. The van der Waals surface area contributed by atoms with Crippen LogP contribution >= 0.6 is 0 Å². The zero-order valence-corrected chi connectivity index (χ0v) is 9.07. The van der Waals surface area contributed by atoms with Crippen molar-refractivity contribution in [2.75, 3.05) is 5.75 Å². The Balaban J connectivity index is 3.80. The van der Waals surface area contributed by atoms with Gasteiger partial charge in [-0.3, -0.25) is 4.21 Å². The molecule has 0 aliphatic carbocycles. The molecule has 0 saturated heterocycles. The van der Waals surface area contributed by atoms with Gasteiger partial charge in [-0.05, 0) is 18.8 Å². The molecule has 0 aromatic rings. The number of aliphatic hydroxyl groups excluding tert-OH is 2. The van der Waals surface area contributed by atoms with Crippen molar-refractivity contribution >= 4 is 11.1 Å². The lowest BCUT2D eigenvalue weighted by atomic mass is 9.96. The summed E-state index contributed by atoms with van der Waals surface area (Å²) in [5.41, 5.74) is 0. The van der Waals surface area contributed by atoms with Crippen LogP contribution in [-0.2, 0) is 11.1 Å². The van der Waals surface area contributed by atoms with Crippen molar-refractivity contribution in [3.8, 4) is 0 Å². The molecule has 4 unspecified atom stereocenters. The quantitative estimate of drug-likeness (QED) is 0.475. The largest absolute Gasteiger partial charge is 0.772 e. The average Bonchev–Trinajstić information content (AvgIpc) is 2.13. The standard InChI is InChI=1S/C9H18O4S/c1-3-8(10)6-7(2)9(11)4-5-14(12)13/h3,7-11H,1,4-6H2,2H3,(H,12,13)/p-1. The average molecular weight is 221 g/mol. The lowest BCUT2D eigenvalue weighted by Crippen LogP contribution is -2.23. The maximum Gasteiger partial charge on any atom is 0.0721 e. The molecule has 0 amide bonds. The summed E-state index contributed by atoms with van der Waals surface area (Å²) in [6.45, 7) is 5.19. The summed E-state index contributed by atoms with van der Waals surface area (Å²) in [6, 6.07) is 0. The van der Waals surface area contributed by atoms with E-state index in [1.807, 2.05) is 0 Å². The topological polar surface area (TPSA) is 80.6 Å². The van der Waals surface area contributed by atoms with E-state index in [2.05, 4.69) is 6.58 Å². The number of hydrogen-bond donors (Lipinski definition) is 2. The summed E-state index contributed by atoms with van der Waals surface area (Å²) < 4.78 is 20.5. The van der Waals surface area contributed by atoms with Crippen LogP contribution in [0.25, 0.3) is 0 Å². The van der Waals surface area contributed by atoms with Gasteiger partial charge in [-0.1, -0.05) is 24.1 Å². The molecule has 0 aromatic heterocycles. The van der Waals surface area contributed by atoms with Gasteiger partial charge >= 0.3 is 0 Å².